The van der Waals surface area contributed by atoms with Gasteiger partial charge in [0, 0.05) is 27.3 Å². The molecule has 0 aliphatic heterocycles. The first kappa shape index (κ1) is 12.7. The van der Waals surface area contributed by atoms with Crippen LogP contribution in [-0.2, 0) is 6.42 Å². The summed E-state index contributed by atoms with van der Waals surface area (Å²) in [6, 6.07) is 5.00. The second-order valence-corrected chi connectivity index (χ2v) is 5.56. The molecule has 0 saturated heterocycles. The van der Waals surface area contributed by atoms with Crippen LogP contribution in [0.2, 0.25) is 0 Å². The second kappa shape index (κ2) is 5.71. The van der Waals surface area contributed by atoms with E-state index in [4.69, 9.17) is 0 Å². The summed E-state index contributed by atoms with van der Waals surface area (Å²) in [6.45, 7) is 0. The molecule has 17 heavy (non-hydrogen) atoms. The summed E-state index contributed by atoms with van der Waals surface area (Å²) in [7, 11) is 1.82. The summed E-state index contributed by atoms with van der Waals surface area (Å²) in [6.07, 6.45) is 2.35. The van der Waals surface area contributed by atoms with Gasteiger partial charge in [-0.15, -0.1) is 11.3 Å². The van der Waals surface area contributed by atoms with Gasteiger partial charge in [-0.3, -0.25) is 4.98 Å². The van der Waals surface area contributed by atoms with E-state index in [-0.39, 0.29) is 11.9 Å². The topological polar surface area (TPSA) is 24.9 Å². The molecule has 0 saturated carbocycles. The minimum Gasteiger partial charge on any atom is -0.311 e. The van der Waals surface area contributed by atoms with Gasteiger partial charge in [-0.05, 0) is 41.2 Å². The highest BCUT2D eigenvalue weighted by atomic mass is 79.9. The van der Waals surface area contributed by atoms with Crippen LogP contribution in [0.4, 0.5) is 4.39 Å². The standard InChI is InChI=1S/C12H12BrFN2S/c1-15-11(6-9-5-8(13)7-17-9)12-10(14)3-2-4-16-12/h2-5,7,11,15H,6H2,1H3. The Morgan fingerprint density at radius 3 is 3.00 bits per heavy atom. The molecule has 0 aliphatic carbocycles. The Hall–Kier alpha value is -0.780. The molecule has 2 nitrogen and oxygen atoms in total. The molecule has 2 aromatic heterocycles. The molecular formula is C12H12BrFN2S. The van der Waals surface area contributed by atoms with Crippen LogP contribution in [0.3, 0.4) is 0 Å². The Labute approximate surface area is 112 Å². The lowest BCUT2D eigenvalue weighted by molar-refractivity contribution is 0.519. The van der Waals surface area contributed by atoms with Crippen LogP contribution < -0.4 is 5.32 Å². The van der Waals surface area contributed by atoms with E-state index in [1.54, 1.807) is 23.6 Å². The van der Waals surface area contributed by atoms with E-state index < -0.39 is 0 Å². The zero-order valence-electron chi connectivity index (χ0n) is 9.28. The van der Waals surface area contributed by atoms with Gasteiger partial charge in [-0.1, -0.05) is 0 Å². The monoisotopic (exact) mass is 314 g/mol. The summed E-state index contributed by atoms with van der Waals surface area (Å²) in [4.78, 5) is 5.30. The molecule has 0 bridgehead atoms. The Bertz CT molecular complexity index is 501. The number of nitrogens with zero attached hydrogens (tertiary/aromatic N) is 1. The molecule has 0 aliphatic rings. The van der Waals surface area contributed by atoms with Crippen molar-refractivity contribution < 1.29 is 4.39 Å². The summed E-state index contributed by atoms with van der Waals surface area (Å²) in [5.41, 5.74) is 0.472. The third-order valence-corrected chi connectivity index (χ3v) is 4.21. The zero-order chi connectivity index (χ0) is 12.3. The Morgan fingerprint density at radius 2 is 2.41 bits per heavy atom. The molecule has 1 atom stereocenters. The fourth-order valence-corrected chi connectivity index (χ4v) is 3.15. The minimum absolute atomic E-state index is 0.0956. The van der Waals surface area contributed by atoms with Gasteiger partial charge in [-0.2, -0.15) is 0 Å². The summed E-state index contributed by atoms with van der Waals surface area (Å²) in [5, 5.41) is 5.13. The normalized spacial score (nSPS) is 12.6. The number of thiophene rings is 1. The van der Waals surface area contributed by atoms with Crippen LogP contribution >= 0.6 is 27.3 Å². The van der Waals surface area contributed by atoms with Gasteiger partial charge in [0.15, 0.2) is 0 Å². The maximum atomic E-state index is 13.6. The number of pyridine rings is 1. The highest BCUT2D eigenvalue weighted by molar-refractivity contribution is 9.10. The van der Waals surface area contributed by atoms with Gasteiger partial charge in [0.25, 0.3) is 0 Å². The van der Waals surface area contributed by atoms with Crippen molar-refractivity contribution in [1.29, 1.82) is 0 Å². The quantitative estimate of drug-likeness (QED) is 0.933. The van der Waals surface area contributed by atoms with Gasteiger partial charge in [0.1, 0.15) is 5.82 Å². The van der Waals surface area contributed by atoms with Gasteiger partial charge in [0.05, 0.1) is 11.7 Å². The van der Waals surface area contributed by atoms with E-state index in [0.29, 0.717) is 5.69 Å². The number of halogens is 2. The zero-order valence-corrected chi connectivity index (χ0v) is 11.7. The van der Waals surface area contributed by atoms with Crippen LogP contribution in [0, 0.1) is 5.82 Å². The van der Waals surface area contributed by atoms with E-state index in [1.807, 2.05) is 12.4 Å². The average Bonchev–Trinajstić information content (AvgIpc) is 2.73. The largest absolute Gasteiger partial charge is 0.311 e. The number of likely N-dealkylation sites (N-methyl/N-ethyl adjacent to an activating group) is 1. The fourth-order valence-electron chi connectivity index (χ4n) is 1.65. The van der Waals surface area contributed by atoms with Crippen molar-refractivity contribution in [3.63, 3.8) is 0 Å². The van der Waals surface area contributed by atoms with Crippen LogP contribution in [-0.4, -0.2) is 12.0 Å². The number of nitrogens with one attached hydrogen (secondary N) is 1. The Morgan fingerprint density at radius 1 is 1.59 bits per heavy atom. The van der Waals surface area contributed by atoms with Crippen LogP contribution in [0.15, 0.2) is 34.2 Å². The van der Waals surface area contributed by atoms with Gasteiger partial charge in [0.2, 0.25) is 0 Å². The third kappa shape index (κ3) is 3.12. The number of hydrogen-bond donors (Lipinski definition) is 1. The van der Waals surface area contributed by atoms with E-state index in [9.17, 15) is 4.39 Å². The second-order valence-electron chi connectivity index (χ2n) is 3.65. The Balaban J connectivity index is 2.20. The molecule has 5 heteroatoms. The van der Waals surface area contributed by atoms with Crippen molar-refractivity contribution in [3.05, 3.63) is 50.6 Å². The van der Waals surface area contributed by atoms with Crippen molar-refractivity contribution in [1.82, 2.24) is 10.3 Å². The summed E-state index contributed by atoms with van der Waals surface area (Å²) in [5.74, 6) is -0.262. The van der Waals surface area contributed by atoms with Crippen molar-refractivity contribution in [2.24, 2.45) is 0 Å². The predicted molar refractivity (Wildman–Crippen MR) is 71.7 cm³/mol. The van der Waals surface area contributed by atoms with Crippen LogP contribution in [0.25, 0.3) is 0 Å². The first-order valence-corrected chi connectivity index (χ1v) is 6.88. The van der Waals surface area contributed by atoms with Crippen molar-refractivity contribution >= 4 is 27.3 Å². The molecule has 0 aromatic carbocycles. The van der Waals surface area contributed by atoms with E-state index in [1.165, 1.54) is 10.9 Å². The number of hydrogen-bond acceptors (Lipinski definition) is 3. The Kier molecular flexibility index (Phi) is 4.25. The van der Waals surface area contributed by atoms with Crippen molar-refractivity contribution in [3.8, 4) is 0 Å². The molecule has 0 spiro atoms. The summed E-state index contributed by atoms with van der Waals surface area (Å²) >= 11 is 5.07. The molecule has 2 aromatic rings. The molecule has 1 unspecified atom stereocenters. The molecule has 2 heterocycles. The maximum absolute atomic E-state index is 13.6. The lowest BCUT2D eigenvalue weighted by atomic mass is 10.1. The van der Waals surface area contributed by atoms with Gasteiger partial charge >= 0.3 is 0 Å². The molecule has 0 radical (unpaired) electrons. The molecule has 90 valence electrons. The highest BCUT2D eigenvalue weighted by Gasteiger charge is 2.16. The summed E-state index contributed by atoms with van der Waals surface area (Å²) < 4.78 is 14.7. The molecule has 1 N–H and O–H groups in total. The molecule has 0 fully saturated rings. The molecular weight excluding hydrogens is 303 g/mol. The van der Waals surface area contributed by atoms with Crippen molar-refractivity contribution in [2.45, 2.75) is 12.5 Å². The van der Waals surface area contributed by atoms with Gasteiger partial charge in [-0.25, -0.2) is 4.39 Å². The lowest BCUT2D eigenvalue weighted by Gasteiger charge is -2.15. The van der Waals surface area contributed by atoms with Crippen LogP contribution in [0.1, 0.15) is 16.6 Å². The number of aromatic nitrogens is 1. The third-order valence-electron chi connectivity index (χ3n) is 2.49. The van der Waals surface area contributed by atoms with Gasteiger partial charge < -0.3 is 5.32 Å². The first-order chi connectivity index (χ1) is 8.20. The van der Waals surface area contributed by atoms with Crippen LogP contribution in [0.5, 0.6) is 0 Å². The maximum Gasteiger partial charge on any atom is 0.146 e. The highest BCUT2D eigenvalue weighted by Crippen LogP contribution is 2.25. The lowest BCUT2D eigenvalue weighted by Crippen LogP contribution is -2.20. The van der Waals surface area contributed by atoms with Crippen molar-refractivity contribution in [2.75, 3.05) is 7.05 Å². The predicted octanol–water partition coefficient (Wildman–Crippen LogP) is 3.55. The van der Waals surface area contributed by atoms with E-state index in [2.05, 4.69) is 32.3 Å². The number of rotatable bonds is 4. The van der Waals surface area contributed by atoms with E-state index in [0.717, 1.165) is 10.9 Å². The van der Waals surface area contributed by atoms with E-state index >= 15 is 0 Å². The molecule has 2 rings (SSSR count). The average molecular weight is 315 g/mol. The SMILES string of the molecule is CNC(Cc1cc(Br)cs1)c1ncccc1F. The smallest absolute Gasteiger partial charge is 0.146 e. The minimum atomic E-state index is -0.262. The molecule has 0 amide bonds. The fraction of sp³-hybridized carbons (Fsp3) is 0.250. The first-order valence-electron chi connectivity index (χ1n) is 5.21.